The molecule has 0 fully saturated rings. The molecule has 0 atom stereocenters. The Bertz CT molecular complexity index is 424. The molecular formula is C10H10F3NO3. The SMILES string of the molecule is CCOC(=O)c1c(OC)ncc(C(F)F)c1F. The molecule has 0 amide bonds. The molecule has 4 nitrogen and oxygen atoms in total. The standard InChI is InChI=1S/C10H10F3NO3/c1-3-17-10(15)6-7(11)5(8(12)13)4-14-9(6)16-2/h4,8H,3H2,1-2H3. The fourth-order valence-corrected chi connectivity index (χ4v) is 1.17. The smallest absolute Gasteiger partial charge is 0.346 e. The molecule has 0 radical (unpaired) electrons. The zero-order valence-corrected chi connectivity index (χ0v) is 9.17. The first-order valence-corrected chi connectivity index (χ1v) is 4.70. The lowest BCUT2D eigenvalue weighted by atomic mass is 10.2. The van der Waals surface area contributed by atoms with Gasteiger partial charge in [0.2, 0.25) is 5.88 Å². The van der Waals surface area contributed by atoms with Gasteiger partial charge in [0.25, 0.3) is 6.43 Å². The number of pyridine rings is 1. The van der Waals surface area contributed by atoms with Crippen molar-refractivity contribution >= 4 is 5.97 Å². The summed E-state index contributed by atoms with van der Waals surface area (Å²) in [6.45, 7) is 1.49. The quantitative estimate of drug-likeness (QED) is 0.768. The number of carbonyl (C=O) groups is 1. The minimum atomic E-state index is -3.07. The maximum atomic E-state index is 13.6. The summed E-state index contributed by atoms with van der Waals surface area (Å²) < 4.78 is 47.7. The van der Waals surface area contributed by atoms with Crippen molar-refractivity contribution in [3.63, 3.8) is 0 Å². The lowest BCUT2D eigenvalue weighted by Gasteiger charge is -2.10. The lowest BCUT2D eigenvalue weighted by Crippen LogP contribution is -2.12. The lowest BCUT2D eigenvalue weighted by molar-refractivity contribution is 0.0514. The molecule has 0 aliphatic rings. The minimum Gasteiger partial charge on any atom is -0.480 e. The summed E-state index contributed by atoms with van der Waals surface area (Å²) in [6.07, 6.45) is -2.44. The van der Waals surface area contributed by atoms with Gasteiger partial charge in [-0.3, -0.25) is 0 Å². The van der Waals surface area contributed by atoms with Crippen molar-refractivity contribution in [3.8, 4) is 5.88 Å². The van der Waals surface area contributed by atoms with Gasteiger partial charge in [-0.15, -0.1) is 0 Å². The van der Waals surface area contributed by atoms with E-state index in [0.29, 0.717) is 6.20 Å². The summed E-state index contributed by atoms with van der Waals surface area (Å²) in [5.74, 6) is -2.84. The molecule has 0 aromatic carbocycles. The van der Waals surface area contributed by atoms with Gasteiger partial charge in [0.15, 0.2) is 11.4 Å². The number of esters is 1. The van der Waals surface area contributed by atoms with Crippen molar-refractivity contribution in [3.05, 3.63) is 23.1 Å². The van der Waals surface area contributed by atoms with Crippen molar-refractivity contribution in [2.24, 2.45) is 0 Å². The van der Waals surface area contributed by atoms with Crippen LogP contribution in [0.5, 0.6) is 5.88 Å². The largest absolute Gasteiger partial charge is 0.480 e. The minimum absolute atomic E-state index is 0.0136. The number of aromatic nitrogens is 1. The van der Waals surface area contributed by atoms with E-state index in [1.807, 2.05) is 0 Å². The number of alkyl halides is 2. The number of carbonyl (C=O) groups excluding carboxylic acids is 1. The maximum Gasteiger partial charge on any atom is 0.346 e. The van der Waals surface area contributed by atoms with Gasteiger partial charge < -0.3 is 9.47 Å². The summed E-state index contributed by atoms with van der Waals surface area (Å²) in [6, 6.07) is 0. The third kappa shape index (κ3) is 2.66. The molecule has 0 aliphatic carbocycles. The van der Waals surface area contributed by atoms with Crippen LogP contribution in [0.25, 0.3) is 0 Å². The van der Waals surface area contributed by atoms with Crippen LogP contribution in [0, 0.1) is 5.82 Å². The van der Waals surface area contributed by atoms with E-state index in [1.54, 1.807) is 0 Å². The highest BCUT2D eigenvalue weighted by Gasteiger charge is 2.26. The molecule has 94 valence electrons. The molecule has 0 unspecified atom stereocenters. The molecule has 7 heteroatoms. The number of hydrogen-bond donors (Lipinski definition) is 0. The highest BCUT2D eigenvalue weighted by Crippen LogP contribution is 2.28. The van der Waals surface area contributed by atoms with Crippen LogP contribution in [0.15, 0.2) is 6.20 Å². The van der Waals surface area contributed by atoms with E-state index >= 15 is 0 Å². The van der Waals surface area contributed by atoms with Crippen molar-refractivity contribution in [1.29, 1.82) is 0 Å². The van der Waals surface area contributed by atoms with Gasteiger partial charge in [-0.25, -0.2) is 22.9 Å². The van der Waals surface area contributed by atoms with Gasteiger partial charge in [0, 0.05) is 6.20 Å². The number of rotatable bonds is 4. The molecule has 0 saturated carbocycles. The molecule has 1 heterocycles. The third-order valence-electron chi connectivity index (χ3n) is 1.92. The molecule has 0 spiro atoms. The third-order valence-corrected chi connectivity index (χ3v) is 1.92. The van der Waals surface area contributed by atoms with Crippen LogP contribution >= 0.6 is 0 Å². The van der Waals surface area contributed by atoms with E-state index < -0.39 is 29.3 Å². The predicted molar refractivity (Wildman–Crippen MR) is 51.7 cm³/mol. The molecule has 1 aromatic rings. The normalized spacial score (nSPS) is 10.5. The van der Waals surface area contributed by atoms with Gasteiger partial charge in [0.05, 0.1) is 19.3 Å². The average Bonchev–Trinajstić information content (AvgIpc) is 2.27. The fourth-order valence-electron chi connectivity index (χ4n) is 1.17. The van der Waals surface area contributed by atoms with Crippen LogP contribution in [0.2, 0.25) is 0 Å². The van der Waals surface area contributed by atoms with E-state index in [4.69, 9.17) is 0 Å². The summed E-state index contributed by atoms with van der Waals surface area (Å²) in [5, 5.41) is 0. The number of hydrogen-bond acceptors (Lipinski definition) is 4. The summed E-state index contributed by atoms with van der Waals surface area (Å²) in [7, 11) is 1.15. The summed E-state index contributed by atoms with van der Waals surface area (Å²) in [4.78, 5) is 14.8. The second kappa shape index (κ2) is 5.51. The number of halogens is 3. The van der Waals surface area contributed by atoms with E-state index in [-0.39, 0.29) is 12.5 Å². The van der Waals surface area contributed by atoms with Gasteiger partial charge in [-0.1, -0.05) is 0 Å². The van der Waals surface area contributed by atoms with Gasteiger partial charge in [-0.05, 0) is 6.92 Å². The van der Waals surface area contributed by atoms with Crippen LogP contribution in [-0.4, -0.2) is 24.7 Å². The van der Waals surface area contributed by atoms with Gasteiger partial charge >= 0.3 is 5.97 Å². The van der Waals surface area contributed by atoms with E-state index in [9.17, 15) is 18.0 Å². The molecule has 0 bridgehead atoms. The zero-order chi connectivity index (χ0) is 13.0. The Balaban J connectivity index is 3.32. The predicted octanol–water partition coefficient (Wildman–Crippen LogP) is 2.34. The molecule has 0 N–H and O–H groups in total. The number of nitrogens with zero attached hydrogens (tertiary/aromatic N) is 1. The Hall–Kier alpha value is -1.79. The highest BCUT2D eigenvalue weighted by molar-refractivity contribution is 5.92. The highest BCUT2D eigenvalue weighted by atomic mass is 19.3. The van der Waals surface area contributed by atoms with Crippen molar-refractivity contribution in [2.45, 2.75) is 13.3 Å². The second-order valence-electron chi connectivity index (χ2n) is 2.93. The van der Waals surface area contributed by atoms with Crippen LogP contribution in [0.4, 0.5) is 13.2 Å². The topological polar surface area (TPSA) is 48.4 Å². The van der Waals surface area contributed by atoms with E-state index in [1.165, 1.54) is 6.92 Å². The molecule has 17 heavy (non-hydrogen) atoms. The van der Waals surface area contributed by atoms with Crippen molar-refractivity contribution < 1.29 is 27.4 Å². The Morgan fingerprint density at radius 3 is 2.65 bits per heavy atom. The van der Waals surface area contributed by atoms with Gasteiger partial charge in [0.1, 0.15) is 0 Å². The van der Waals surface area contributed by atoms with Crippen molar-refractivity contribution in [2.75, 3.05) is 13.7 Å². The molecule has 1 rings (SSSR count). The molecule has 0 aliphatic heterocycles. The number of methoxy groups -OCH3 is 1. The summed E-state index contributed by atoms with van der Waals surface area (Å²) in [5.41, 5.74) is -1.68. The van der Waals surface area contributed by atoms with E-state index in [2.05, 4.69) is 14.5 Å². The van der Waals surface area contributed by atoms with Crippen LogP contribution < -0.4 is 4.74 Å². The maximum absolute atomic E-state index is 13.6. The molecule has 1 aromatic heterocycles. The first kappa shape index (κ1) is 13.3. The molecular weight excluding hydrogens is 239 g/mol. The first-order valence-electron chi connectivity index (χ1n) is 4.70. The molecule has 0 saturated heterocycles. The Morgan fingerprint density at radius 2 is 2.18 bits per heavy atom. The van der Waals surface area contributed by atoms with Crippen LogP contribution in [0.1, 0.15) is 29.3 Å². The Kier molecular flexibility index (Phi) is 4.30. The first-order chi connectivity index (χ1) is 8.02. The van der Waals surface area contributed by atoms with Crippen LogP contribution in [-0.2, 0) is 4.74 Å². The Morgan fingerprint density at radius 1 is 1.53 bits per heavy atom. The number of ether oxygens (including phenoxy) is 2. The average molecular weight is 249 g/mol. The monoisotopic (exact) mass is 249 g/mol. The summed E-state index contributed by atoms with van der Waals surface area (Å²) >= 11 is 0. The Labute approximate surface area is 95.4 Å². The van der Waals surface area contributed by atoms with Gasteiger partial charge in [-0.2, -0.15) is 0 Å². The van der Waals surface area contributed by atoms with Crippen LogP contribution in [0.3, 0.4) is 0 Å². The zero-order valence-electron chi connectivity index (χ0n) is 9.17. The van der Waals surface area contributed by atoms with Crippen molar-refractivity contribution in [1.82, 2.24) is 4.98 Å². The fraction of sp³-hybridized carbons (Fsp3) is 0.400. The van der Waals surface area contributed by atoms with E-state index in [0.717, 1.165) is 7.11 Å². The second-order valence-corrected chi connectivity index (χ2v) is 2.93.